The van der Waals surface area contributed by atoms with Crippen molar-refractivity contribution in [3.8, 4) is 0 Å². The molecular weight excluding hydrogens is 262 g/mol. The molecule has 2 N–H and O–H groups in total. The van der Waals surface area contributed by atoms with E-state index < -0.39 is 0 Å². The Labute approximate surface area is 126 Å². The summed E-state index contributed by atoms with van der Waals surface area (Å²) in [5, 5.41) is 5.93. The van der Waals surface area contributed by atoms with Crippen LogP contribution in [0.1, 0.15) is 30.4 Å². The van der Waals surface area contributed by atoms with Crippen molar-refractivity contribution in [2.45, 2.75) is 38.8 Å². The summed E-state index contributed by atoms with van der Waals surface area (Å²) in [6, 6.07) is 9.05. The number of amides is 2. The standard InChI is InChI=1S/C17H25N3O/c1-13-2-4-14(5-3-13)10-18-17(21)19-11-15-8-9-20(12-15)16-6-7-16/h2-5,15-16H,6-12H2,1H3,(H2,18,19,21)/t15-/m1/s1. The maximum Gasteiger partial charge on any atom is 0.315 e. The summed E-state index contributed by atoms with van der Waals surface area (Å²) >= 11 is 0. The summed E-state index contributed by atoms with van der Waals surface area (Å²) in [4.78, 5) is 14.4. The van der Waals surface area contributed by atoms with Crippen molar-refractivity contribution in [2.24, 2.45) is 5.92 Å². The predicted octanol–water partition coefficient (Wildman–Crippen LogP) is 2.28. The van der Waals surface area contributed by atoms with Crippen molar-refractivity contribution >= 4 is 6.03 Å². The molecule has 0 aromatic heterocycles. The quantitative estimate of drug-likeness (QED) is 0.872. The third-order valence-electron chi connectivity index (χ3n) is 4.51. The zero-order valence-electron chi connectivity index (χ0n) is 12.8. The van der Waals surface area contributed by atoms with Crippen molar-refractivity contribution in [3.05, 3.63) is 35.4 Å². The first kappa shape index (κ1) is 14.4. The Morgan fingerprint density at radius 3 is 2.67 bits per heavy atom. The lowest BCUT2D eigenvalue weighted by molar-refractivity contribution is 0.238. The molecule has 1 aliphatic heterocycles. The molecule has 1 heterocycles. The highest BCUT2D eigenvalue weighted by Gasteiger charge is 2.34. The summed E-state index contributed by atoms with van der Waals surface area (Å²) in [6.07, 6.45) is 3.96. The van der Waals surface area contributed by atoms with Crippen LogP contribution in [0.15, 0.2) is 24.3 Å². The molecule has 0 bridgehead atoms. The van der Waals surface area contributed by atoms with Crippen LogP contribution in [0.25, 0.3) is 0 Å². The molecule has 1 saturated heterocycles. The Kier molecular flexibility index (Phi) is 4.44. The van der Waals surface area contributed by atoms with Gasteiger partial charge in [-0.05, 0) is 44.2 Å². The second-order valence-electron chi connectivity index (χ2n) is 6.43. The Balaban J connectivity index is 1.33. The molecule has 1 atom stereocenters. The molecule has 2 fully saturated rings. The number of hydrogen-bond acceptors (Lipinski definition) is 2. The third kappa shape index (κ3) is 4.21. The van der Waals surface area contributed by atoms with E-state index in [0.717, 1.165) is 24.7 Å². The van der Waals surface area contributed by atoms with Gasteiger partial charge in [-0.1, -0.05) is 29.8 Å². The van der Waals surface area contributed by atoms with E-state index in [1.807, 2.05) is 0 Å². The van der Waals surface area contributed by atoms with Gasteiger partial charge in [0.25, 0.3) is 0 Å². The fourth-order valence-electron chi connectivity index (χ4n) is 2.99. The first-order valence-corrected chi connectivity index (χ1v) is 8.02. The molecular formula is C17H25N3O. The molecule has 21 heavy (non-hydrogen) atoms. The number of carbonyl (C=O) groups excluding carboxylic acids is 1. The number of benzene rings is 1. The van der Waals surface area contributed by atoms with Gasteiger partial charge >= 0.3 is 6.03 Å². The Morgan fingerprint density at radius 1 is 1.19 bits per heavy atom. The zero-order chi connectivity index (χ0) is 14.7. The molecule has 0 radical (unpaired) electrons. The number of hydrogen-bond donors (Lipinski definition) is 2. The molecule has 1 saturated carbocycles. The van der Waals surface area contributed by atoms with Crippen molar-refractivity contribution in [1.82, 2.24) is 15.5 Å². The molecule has 2 amide bonds. The fourth-order valence-corrected chi connectivity index (χ4v) is 2.99. The topological polar surface area (TPSA) is 44.4 Å². The van der Waals surface area contributed by atoms with Crippen LogP contribution in [0, 0.1) is 12.8 Å². The van der Waals surface area contributed by atoms with Crippen molar-refractivity contribution in [3.63, 3.8) is 0 Å². The van der Waals surface area contributed by atoms with E-state index >= 15 is 0 Å². The molecule has 4 nitrogen and oxygen atoms in total. The number of carbonyl (C=O) groups is 1. The second kappa shape index (κ2) is 6.48. The average Bonchev–Trinajstić information content (AvgIpc) is 3.23. The highest BCUT2D eigenvalue weighted by Crippen LogP contribution is 2.31. The van der Waals surface area contributed by atoms with E-state index in [9.17, 15) is 4.79 Å². The van der Waals surface area contributed by atoms with Gasteiger partial charge in [-0.2, -0.15) is 0 Å². The van der Waals surface area contributed by atoms with Crippen LogP contribution in [-0.4, -0.2) is 36.6 Å². The molecule has 1 aromatic carbocycles. The van der Waals surface area contributed by atoms with Gasteiger partial charge in [0.05, 0.1) is 0 Å². The molecule has 1 aliphatic carbocycles. The molecule has 0 unspecified atom stereocenters. The van der Waals surface area contributed by atoms with Gasteiger partial charge in [-0.25, -0.2) is 4.79 Å². The minimum absolute atomic E-state index is 0.0551. The summed E-state index contributed by atoms with van der Waals surface area (Å²) in [5.41, 5.74) is 2.38. The number of rotatable bonds is 5. The van der Waals surface area contributed by atoms with Crippen LogP contribution >= 0.6 is 0 Å². The SMILES string of the molecule is Cc1ccc(CNC(=O)NC[C@H]2CCN(C3CC3)C2)cc1. The van der Waals surface area contributed by atoms with E-state index in [1.54, 1.807) is 0 Å². The molecule has 1 aromatic rings. The first-order valence-electron chi connectivity index (χ1n) is 8.02. The third-order valence-corrected chi connectivity index (χ3v) is 4.51. The largest absolute Gasteiger partial charge is 0.338 e. The van der Waals surface area contributed by atoms with Gasteiger partial charge in [0.15, 0.2) is 0 Å². The highest BCUT2D eigenvalue weighted by molar-refractivity contribution is 5.73. The number of likely N-dealkylation sites (tertiary alicyclic amines) is 1. The molecule has 3 rings (SSSR count). The van der Waals surface area contributed by atoms with Crippen LogP contribution in [0.4, 0.5) is 4.79 Å². The minimum atomic E-state index is -0.0551. The van der Waals surface area contributed by atoms with Crippen LogP contribution in [0.2, 0.25) is 0 Å². The van der Waals surface area contributed by atoms with Crippen LogP contribution in [0.3, 0.4) is 0 Å². The lowest BCUT2D eigenvalue weighted by Gasteiger charge is -2.15. The molecule has 2 aliphatic rings. The van der Waals surface area contributed by atoms with E-state index in [0.29, 0.717) is 12.5 Å². The second-order valence-corrected chi connectivity index (χ2v) is 6.43. The van der Waals surface area contributed by atoms with E-state index in [2.05, 4.69) is 46.7 Å². The maximum atomic E-state index is 11.8. The van der Waals surface area contributed by atoms with E-state index in [-0.39, 0.29) is 6.03 Å². The molecule has 0 spiro atoms. The summed E-state index contributed by atoms with van der Waals surface area (Å²) in [7, 11) is 0. The summed E-state index contributed by atoms with van der Waals surface area (Å²) in [6.45, 7) is 5.81. The Bertz CT molecular complexity index is 481. The zero-order valence-corrected chi connectivity index (χ0v) is 12.8. The van der Waals surface area contributed by atoms with Gasteiger partial charge in [0, 0.05) is 25.7 Å². The number of nitrogens with one attached hydrogen (secondary N) is 2. The van der Waals surface area contributed by atoms with Gasteiger partial charge in [0.1, 0.15) is 0 Å². The van der Waals surface area contributed by atoms with Gasteiger partial charge < -0.3 is 15.5 Å². The van der Waals surface area contributed by atoms with Crippen LogP contribution in [0.5, 0.6) is 0 Å². The van der Waals surface area contributed by atoms with Crippen molar-refractivity contribution < 1.29 is 4.79 Å². The summed E-state index contributed by atoms with van der Waals surface area (Å²) in [5.74, 6) is 0.621. The predicted molar refractivity (Wildman–Crippen MR) is 84.1 cm³/mol. The van der Waals surface area contributed by atoms with Gasteiger partial charge in [0.2, 0.25) is 0 Å². The van der Waals surface area contributed by atoms with E-state index in [4.69, 9.17) is 0 Å². The average molecular weight is 287 g/mol. The highest BCUT2D eigenvalue weighted by atomic mass is 16.2. The van der Waals surface area contributed by atoms with Crippen molar-refractivity contribution in [2.75, 3.05) is 19.6 Å². The number of nitrogens with zero attached hydrogens (tertiary/aromatic N) is 1. The maximum absolute atomic E-state index is 11.8. The Morgan fingerprint density at radius 2 is 1.95 bits per heavy atom. The van der Waals surface area contributed by atoms with Gasteiger partial charge in [-0.15, -0.1) is 0 Å². The first-order chi connectivity index (χ1) is 10.2. The summed E-state index contributed by atoms with van der Waals surface area (Å²) < 4.78 is 0. The smallest absolute Gasteiger partial charge is 0.315 e. The normalized spacial score (nSPS) is 22.2. The molecule has 4 heteroatoms. The lowest BCUT2D eigenvalue weighted by atomic mass is 10.1. The minimum Gasteiger partial charge on any atom is -0.338 e. The van der Waals surface area contributed by atoms with Crippen molar-refractivity contribution in [1.29, 1.82) is 0 Å². The van der Waals surface area contributed by atoms with Gasteiger partial charge in [-0.3, -0.25) is 0 Å². The number of urea groups is 1. The van der Waals surface area contributed by atoms with Crippen LogP contribution < -0.4 is 10.6 Å². The molecule has 114 valence electrons. The Hall–Kier alpha value is -1.55. The van der Waals surface area contributed by atoms with E-state index in [1.165, 1.54) is 31.4 Å². The lowest BCUT2D eigenvalue weighted by Crippen LogP contribution is -2.38. The number of aryl methyl sites for hydroxylation is 1. The monoisotopic (exact) mass is 287 g/mol. The fraction of sp³-hybridized carbons (Fsp3) is 0.588. The van der Waals surface area contributed by atoms with Crippen LogP contribution in [-0.2, 0) is 6.54 Å².